The topological polar surface area (TPSA) is 38.9 Å². The smallest absolute Gasteiger partial charge is 0.121 e. The van der Waals surface area contributed by atoms with E-state index in [1.54, 1.807) is 0 Å². The van der Waals surface area contributed by atoms with E-state index in [1.807, 2.05) is 30.5 Å². The third kappa shape index (κ3) is 7.86. The minimum absolute atomic E-state index is 0. The van der Waals surface area contributed by atoms with E-state index in [0.29, 0.717) is 11.8 Å². The van der Waals surface area contributed by atoms with E-state index in [4.69, 9.17) is 9.40 Å². The molecule has 0 saturated carbocycles. The van der Waals surface area contributed by atoms with Crippen molar-refractivity contribution >= 4 is 35.2 Å². The van der Waals surface area contributed by atoms with Crippen molar-refractivity contribution in [2.45, 2.75) is 66.1 Å². The Morgan fingerprint density at radius 1 is 0.673 bits per heavy atom. The second-order valence-electron chi connectivity index (χ2n) is 14.2. The summed E-state index contributed by atoms with van der Waals surface area (Å²) in [5, 5.41) is 3.69. The molecule has 7 aromatic rings. The normalized spacial score (nSPS) is 11.5. The van der Waals surface area contributed by atoms with Gasteiger partial charge in [-0.3, -0.25) is 0 Å². The van der Waals surface area contributed by atoms with Crippen LogP contribution in [0.3, 0.4) is 0 Å². The van der Waals surface area contributed by atoms with Crippen LogP contribution in [-0.4, -0.2) is 18.0 Å². The predicted molar refractivity (Wildman–Crippen MR) is 206 cm³/mol. The predicted octanol–water partition coefficient (Wildman–Crippen LogP) is 11.8. The van der Waals surface area contributed by atoms with Gasteiger partial charge in [0.2, 0.25) is 0 Å². The Labute approximate surface area is 306 Å². The Morgan fingerprint density at radius 2 is 1.41 bits per heavy atom. The van der Waals surface area contributed by atoms with Crippen LogP contribution < -0.4 is 5.19 Å². The number of fused-ring (bicyclic) bond motifs is 3. The third-order valence-electron chi connectivity index (χ3n) is 8.93. The van der Waals surface area contributed by atoms with E-state index in [2.05, 4.69) is 150 Å². The van der Waals surface area contributed by atoms with Crippen LogP contribution in [0.4, 0.5) is 0 Å². The molecule has 5 heteroatoms. The number of furan rings is 1. The Hall–Kier alpha value is -4.15. The van der Waals surface area contributed by atoms with Gasteiger partial charge < -0.3 is 14.4 Å². The molecule has 0 N–H and O–H groups in total. The van der Waals surface area contributed by atoms with Crippen LogP contribution in [0.2, 0.25) is 19.6 Å². The van der Waals surface area contributed by atoms with Crippen LogP contribution in [-0.2, 0) is 20.1 Å². The Balaban J connectivity index is 0.000000199. The zero-order chi connectivity index (χ0) is 34.0. The van der Waals surface area contributed by atoms with Gasteiger partial charge in [0.25, 0.3) is 0 Å². The first-order valence-corrected chi connectivity index (χ1v) is 20.4. The van der Waals surface area contributed by atoms with Crippen molar-refractivity contribution in [1.82, 2.24) is 9.97 Å². The van der Waals surface area contributed by atoms with Crippen molar-refractivity contribution in [2.75, 3.05) is 0 Å². The average Bonchev–Trinajstić information content (AvgIpc) is 3.47. The van der Waals surface area contributed by atoms with Gasteiger partial charge in [0.1, 0.15) is 5.58 Å². The van der Waals surface area contributed by atoms with Gasteiger partial charge in [-0.25, -0.2) is 0 Å². The van der Waals surface area contributed by atoms with E-state index in [-0.39, 0.29) is 20.1 Å². The molecule has 3 aromatic heterocycles. The molecule has 0 amide bonds. The second-order valence-corrected chi connectivity index (χ2v) is 19.2. The molecule has 0 spiro atoms. The van der Waals surface area contributed by atoms with E-state index in [0.717, 1.165) is 50.0 Å². The Kier molecular flexibility index (Phi) is 11.2. The quantitative estimate of drug-likeness (QED) is 0.124. The zero-order valence-electron chi connectivity index (χ0n) is 29.7. The summed E-state index contributed by atoms with van der Waals surface area (Å²) in [4.78, 5) is 9.31. The maximum absolute atomic E-state index is 6.33. The van der Waals surface area contributed by atoms with E-state index >= 15 is 0 Å². The largest absolute Gasteiger partial charge is 0.501 e. The molecule has 1 radical (unpaired) electrons. The average molecular weight is 837 g/mol. The van der Waals surface area contributed by atoms with Gasteiger partial charge in [-0.1, -0.05) is 131 Å². The molecule has 0 fully saturated rings. The first-order chi connectivity index (χ1) is 23.0. The molecule has 0 unspecified atom stereocenters. The van der Waals surface area contributed by atoms with Gasteiger partial charge in [-0.05, 0) is 51.7 Å². The van der Waals surface area contributed by atoms with Crippen LogP contribution >= 0.6 is 0 Å². The number of nitrogens with zero attached hydrogens (tertiary/aromatic N) is 2. The number of benzene rings is 4. The van der Waals surface area contributed by atoms with Gasteiger partial charge >= 0.3 is 0 Å². The van der Waals surface area contributed by atoms with E-state index in [1.165, 1.54) is 27.4 Å². The summed E-state index contributed by atoms with van der Waals surface area (Å²) in [7, 11) is -1.35. The molecule has 0 aliphatic carbocycles. The Bertz CT molecular complexity index is 2200. The molecular weight excluding hydrogens is 793 g/mol. The summed E-state index contributed by atoms with van der Waals surface area (Å²) in [6.07, 6.45) is 3.98. The summed E-state index contributed by atoms with van der Waals surface area (Å²) < 4.78 is 6.33. The third-order valence-corrected chi connectivity index (χ3v) is 11.0. The number of pyridine rings is 2. The zero-order valence-corrected chi connectivity index (χ0v) is 33.1. The van der Waals surface area contributed by atoms with Crippen molar-refractivity contribution in [1.29, 1.82) is 0 Å². The van der Waals surface area contributed by atoms with Crippen LogP contribution in [0.15, 0.2) is 114 Å². The molecule has 49 heavy (non-hydrogen) atoms. The first-order valence-electron chi connectivity index (χ1n) is 16.9. The minimum Gasteiger partial charge on any atom is -0.501 e. The summed E-state index contributed by atoms with van der Waals surface area (Å²) in [6, 6.07) is 40.1. The fourth-order valence-electron chi connectivity index (χ4n) is 6.19. The summed E-state index contributed by atoms with van der Waals surface area (Å²) in [5.74, 6) is 0.979. The number of hydrogen-bond acceptors (Lipinski definition) is 3. The second kappa shape index (κ2) is 15.2. The molecule has 3 nitrogen and oxygen atoms in total. The number of aromatic nitrogens is 2. The van der Waals surface area contributed by atoms with Crippen molar-refractivity contribution in [3.05, 3.63) is 138 Å². The summed E-state index contributed by atoms with van der Waals surface area (Å²) in [6.45, 7) is 18.2. The summed E-state index contributed by atoms with van der Waals surface area (Å²) in [5.41, 5.74) is 12.0. The molecule has 7 rings (SSSR count). The molecule has 0 bridgehead atoms. The molecule has 0 aliphatic rings. The van der Waals surface area contributed by atoms with E-state index in [9.17, 15) is 0 Å². The molecule has 0 atom stereocenters. The number of hydrogen-bond donors (Lipinski definition) is 0. The van der Waals surface area contributed by atoms with Crippen molar-refractivity contribution in [3.8, 4) is 33.6 Å². The SMILES string of the molecule is CC(C)c1ccnc(-c2[c-]ccc3c2oc2cc(-c4ccccc4)ccc23)c1.Cc1ccc[c-]c1-c1cc(C(C)C)c([Si](C)(C)C)cn1.[Ir]. The minimum atomic E-state index is -1.35. The maximum Gasteiger partial charge on any atom is 0.121 e. The molecule has 0 aliphatic heterocycles. The van der Waals surface area contributed by atoms with Crippen molar-refractivity contribution in [3.63, 3.8) is 0 Å². The Morgan fingerprint density at radius 3 is 2.10 bits per heavy atom. The monoisotopic (exact) mass is 837 g/mol. The van der Waals surface area contributed by atoms with Gasteiger partial charge in [-0.2, -0.15) is 0 Å². The standard InChI is InChI=1S/C26H20NO.C18H24NSi.Ir/c1-17(2)19-13-14-27-24(15-19)23-10-6-9-22-21-12-11-20(16-25(21)28-26(22)23)18-7-4-3-5-8-18;1-13(2)16-11-17(15-10-8-7-9-14(15)3)19-12-18(16)20(4,5)6;/h3-9,11-17H,1-2H3;7-9,11-13H,1-6H3;/q2*-1;. The van der Waals surface area contributed by atoms with E-state index < -0.39 is 8.07 Å². The fourth-order valence-corrected chi connectivity index (χ4v) is 7.87. The van der Waals surface area contributed by atoms with Crippen LogP contribution in [0.5, 0.6) is 0 Å². The fraction of sp³-hybridized carbons (Fsp3) is 0.227. The number of aryl methyl sites for hydroxylation is 1. The molecule has 4 aromatic carbocycles. The van der Waals surface area contributed by atoms with Crippen molar-refractivity contribution < 1.29 is 24.5 Å². The molecule has 0 saturated heterocycles. The van der Waals surface area contributed by atoms with Crippen molar-refractivity contribution in [2.24, 2.45) is 0 Å². The maximum atomic E-state index is 6.33. The summed E-state index contributed by atoms with van der Waals surface area (Å²) >= 11 is 0. The first kappa shape index (κ1) is 36.1. The van der Waals surface area contributed by atoms with Crippen LogP contribution in [0, 0.1) is 19.1 Å². The molecule has 251 valence electrons. The van der Waals surface area contributed by atoms with Gasteiger partial charge in [-0.15, -0.1) is 53.6 Å². The van der Waals surface area contributed by atoms with Gasteiger partial charge in [0.15, 0.2) is 0 Å². The van der Waals surface area contributed by atoms with Crippen LogP contribution in [0.1, 0.15) is 56.2 Å². The van der Waals surface area contributed by atoms with Gasteiger partial charge in [0.05, 0.1) is 13.7 Å². The van der Waals surface area contributed by atoms with Gasteiger partial charge in [0, 0.05) is 37.9 Å². The molecule has 3 heterocycles. The van der Waals surface area contributed by atoms with Crippen LogP contribution in [0.25, 0.3) is 55.6 Å². The molecular formula is C44H44IrN2OSi-2. The number of rotatable bonds is 6.